The van der Waals surface area contributed by atoms with Crippen LogP contribution in [0.1, 0.15) is 15.9 Å². The first-order valence-corrected chi connectivity index (χ1v) is 9.33. The largest absolute Gasteiger partial charge is 0.496 e. The smallest absolute Gasteiger partial charge is 0.252 e. The van der Waals surface area contributed by atoms with Crippen LogP contribution in [0.3, 0.4) is 0 Å². The van der Waals surface area contributed by atoms with Gasteiger partial charge in [0, 0.05) is 25.5 Å². The first-order chi connectivity index (χ1) is 12.5. The highest BCUT2D eigenvalue weighted by Crippen LogP contribution is 2.23. The Hall–Kier alpha value is -2.47. The zero-order chi connectivity index (χ0) is 18.9. The van der Waals surface area contributed by atoms with E-state index in [-0.39, 0.29) is 11.8 Å². The monoisotopic (exact) mass is 372 g/mol. The first-order valence-electron chi connectivity index (χ1n) is 8.35. The predicted molar refractivity (Wildman–Crippen MR) is 105 cm³/mol. The minimum Gasteiger partial charge on any atom is -0.496 e. The van der Waals surface area contributed by atoms with Crippen molar-refractivity contribution in [1.82, 2.24) is 10.2 Å². The Bertz CT molecular complexity index is 762. The van der Waals surface area contributed by atoms with Crippen LogP contribution in [0.25, 0.3) is 0 Å². The molecule has 2 amide bonds. The second-order valence-electron chi connectivity index (χ2n) is 5.89. The van der Waals surface area contributed by atoms with E-state index in [4.69, 9.17) is 4.74 Å². The van der Waals surface area contributed by atoms with Crippen LogP contribution in [0.2, 0.25) is 0 Å². The Labute approximate surface area is 158 Å². The molecule has 0 aromatic heterocycles. The third kappa shape index (κ3) is 5.52. The van der Waals surface area contributed by atoms with Crippen LogP contribution in [-0.4, -0.2) is 50.2 Å². The summed E-state index contributed by atoms with van der Waals surface area (Å²) in [5.41, 5.74) is 1.64. The summed E-state index contributed by atoms with van der Waals surface area (Å²) in [6, 6.07) is 15.1. The molecule has 0 heterocycles. The normalized spacial score (nSPS) is 10.3. The van der Waals surface area contributed by atoms with E-state index in [2.05, 4.69) is 5.32 Å². The molecule has 0 unspecified atom stereocenters. The number of ether oxygens (including phenoxy) is 1. The molecular weight excluding hydrogens is 348 g/mol. The molecule has 2 rings (SSSR count). The van der Waals surface area contributed by atoms with Crippen molar-refractivity contribution >= 4 is 23.6 Å². The molecule has 0 atom stereocenters. The Balaban J connectivity index is 1.96. The Morgan fingerprint density at radius 2 is 1.77 bits per heavy atom. The van der Waals surface area contributed by atoms with Crippen molar-refractivity contribution in [3.63, 3.8) is 0 Å². The number of methoxy groups -OCH3 is 1. The molecule has 26 heavy (non-hydrogen) atoms. The summed E-state index contributed by atoms with van der Waals surface area (Å²) in [5, 5.41) is 2.95. The van der Waals surface area contributed by atoms with Crippen molar-refractivity contribution in [2.75, 3.05) is 33.5 Å². The minimum atomic E-state index is -0.139. The van der Waals surface area contributed by atoms with Crippen molar-refractivity contribution < 1.29 is 14.3 Å². The lowest BCUT2D eigenvalue weighted by Gasteiger charge is -2.13. The van der Waals surface area contributed by atoms with E-state index in [1.807, 2.05) is 42.5 Å². The fraction of sp³-hybridized carbons (Fsp3) is 0.300. The molecule has 0 aliphatic carbocycles. The van der Waals surface area contributed by atoms with Gasteiger partial charge in [-0.15, -0.1) is 11.8 Å². The molecule has 2 aromatic rings. The highest BCUT2D eigenvalue weighted by atomic mass is 32.2. The summed E-state index contributed by atoms with van der Waals surface area (Å²) in [6.45, 7) is 0.509. The number of amides is 2. The molecule has 5 nitrogen and oxygen atoms in total. The van der Waals surface area contributed by atoms with Gasteiger partial charge in [0.1, 0.15) is 5.75 Å². The highest BCUT2D eigenvalue weighted by molar-refractivity contribution is 8.00. The maximum atomic E-state index is 12.5. The number of para-hydroxylation sites is 1. The summed E-state index contributed by atoms with van der Waals surface area (Å²) >= 11 is 1.38. The van der Waals surface area contributed by atoms with Gasteiger partial charge in [0.25, 0.3) is 5.91 Å². The van der Waals surface area contributed by atoms with Crippen LogP contribution >= 0.6 is 11.8 Å². The van der Waals surface area contributed by atoms with E-state index in [1.165, 1.54) is 11.8 Å². The van der Waals surface area contributed by atoms with E-state index in [9.17, 15) is 9.59 Å². The lowest BCUT2D eigenvalue weighted by Crippen LogP contribution is -2.26. The molecule has 0 radical (unpaired) electrons. The van der Waals surface area contributed by atoms with Crippen molar-refractivity contribution in [3.05, 3.63) is 59.7 Å². The summed E-state index contributed by atoms with van der Waals surface area (Å²) in [7, 11) is 5.08. The number of carbonyl (C=O) groups is 2. The molecule has 0 aliphatic rings. The number of hydrogen-bond acceptors (Lipinski definition) is 4. The van der Waals surface area contributed by atoms with E-state index in [0.29, 0.717) is 24.3 Å². The zero-order valence-electron chi connectivity index (χ0n) is 15.3. The number of rotatable bonds is 8. The highest BCUT2D eigenvalue weighted by Gasteiger charge is 2.13. The quantitative estimate of drug-likeness (QED) is 0.724. The van der Waals surface area contributed by atoms with Gasteiger partial charge in [-0.05, 0) is 30.2 Å². The minimum absolute atomic E-state index is 0.0152. The van der Waals surface area contributed by atoms with Gasteiger partial charge >= 0.3 is 0 Å². The van der Waals surface area contributed by atoms with Crippen molar-refractivity contribution in [3.8, 4) is 5.75 Å². The van der Waals surface area contributed by atoms with Crippen LogP contribution in [-0.2, 0) is 11.2 Å². The van der Waals surface area contributed by atoms with Gasteiger partial charge in [0.15, 0.2) is 0 Å². The number of carbonyl (C=O) groups excluding carboxylic acids is 2. The fourth-order valence-corrected chi connectivity index (χ4v) is 3.39. The van der Waals surface area contributed by atoms with Crippen LogP contribution < -0.4 is 10.1 Å². The van der Waals surface area contributed by atoms with Crippen molar-refractivity contribution in [2.45, 2.75) is 11.3 Å². The van der Waals surface area contributed by atoms with Gasteiger partial charge in [-0.2, -0.15) is 0 Å². The third-order valence-corrected chi connectivity index (χ3v) is 4.91. The summed E-state index contributed by atoms with van der Waals surface area (Å²) < 4.78 is 5.33. The summed E-state index contributed by atoms with van der Waals surface area (Å²) in [5.74, 6) is 1.000. The topological polar surface area (TPSA) is 58.6 Å². The fourth-order valence-electron chi connectivity index (χ4n) is 2.36. The molecule has 138 valence electrons. The maximum Gasteiger partial charge on any atom is 0.252 e. The molecule has 0 saturated carbocycles. The average molecular weight is 372 g/mol. The Morgan fingerprint density at radius 1 is 1.08 bits per heavy atom. The first kappa shape index (κ1) is 19.8. The third-order valence-electron chi connectivity index (χ3n) is 3.85. The number of nitrogens with zero attached hydrogens (tertiary/aromatic N) is 1. The lowest BCUT2D eigenvalue weighted by atomic mass is 10.1. The van der Waals surface area contributed by atoms with Crippen LogP contribution in [0.5, 0.6) is 5.75 Å². The Morgan fingerprint density at radius 3 is 2.50 bits per heavy atom. The second-order valence-corrected chi connectivity index (χ2v) is 6.91. The molecule has 2 aromatic carbocycles. The molecular formula is C20H24N2O3S. The van der Waals surface area contributed by atoms with Gasteiger partial charge in [0.05, 0.1) is 18.4 Å². The molecule has 0 spiro atoms. The number of thioether (sulfide) groups is 1. The number of benzene rings is 2. The van der Waals surface area contributed by atoms with Crippen molar-refractivity contribution in [1.29, 1.82) is 0 Å². The van der Waals surface area contributed by atoms with Gasteiger partial charge in [-0.3, -0.25) is 9.59 Å². The maximum absolute atomic E-state index is 12.5. The Kier molecular flexibility index (Phi) is 7.53. The van der Waals surface area contributed by atoms with Gasteiger partial charge in [-0.1, -0.05) is 30.3 Å². The lowest BCUT2D eigenvalue weighted by molar-refractivity contribution is -0.125. The van der Waals surface area contributed by atoms with Gasteiger partial charge in [-0.25, -0.2) is 0 Å². The zero-order valence-corrected chi connectivity index (χ0v) is 16.1. The van der Waals surface area contributed by atoms with E-state index in [1.54, 1.807) is 32.2 Å². The van der Waals surface area contributed by atoms with E-state index < -0.39 is 0 Å². The molecule has 1 N–H and O–H groups in total. The molecule has 6 heteroatoms. The summed E-state index contributed by atoms with van der Waals surface area (Å²) in [6.07, 6.45) is 0.685. The summed E-state index contributed by atoms with van der Waals surface area (Å²) in [4.78, 5) is 26.7. The van der Waals surface area contributed by atoms with Crippen LogP contribution in [0.4, 0.5) is 0 Å². The van der Waals surface area contributed by atoms with Crippen LogP contribution in [0.15, 0.2) is 53.4 Å². The molecule has 0 bridgehead atoms. The second kappa shape index (κ2) is 9.87. The SMILES string of the molecule is COc1ccccc1CCNC(=O)c1ccccc1SCC(=O)N(C)C. The van der Waals surface area contributed by atoms with E-state index in [0.717, 1.165) is 16.2 Å². The van der Waals surface area contributed by atoms with Gasteiger partial charge in [0.2, 0.25) is 5.91 Å². The predicted octanol–water partition coefficient (Wildman–Crippen LogP) is 2.85. The molecule has 0 aliphatic heterocycles. The van der Waals surface area contributed by atoms with Crippen LogP contribution in [0, 0.1) is 0 Å². The average Bonchev–Trinajstić information content (AvgIpc) is 2.66. The van der Waals surface area contributed by atoms with E-state index >= 15 is 0 Å². The molecule has 0 saturated heterocycles. The molecule has 0 fully saturated rings. The standard InChI is InChI=1S/C20H24N2O3S/c1-22(2)19(23)14-26-18-11-7-5-9-16(18)20(24)21-13-12-15-8-4-6-10-17(15)25-3/h4-11H,12-14H2,1-3H3,(H,21,24). The number of hydrogen-bond donors (Lipinski definition) is 1. The number of nitrogens with one attached hydrogen (secondary N) is 1. The van der Waals surface area contributed by atoms with Gasteiger partial charge < -0.3 is 15.0 Å². The van der Waals surface area contributed by atoms with Crippen molar-refractivity contribution in [2.24, 2.45) is 0 Å².